The second-order valence-electron chi connectivity index (χ2n) is 8.37. The van der Waals surface area contributed by atoms with Gasteiger partial charge in [0.05, 0.1) is 5.92 Å². The molecule has 1 N–H and O–H groups in total. The molecule has 0 aliphatic carbocycles. The summed E-state index contributed by atoms with van der Waals surface area (Å²) in [5.41, 5.74) is 2.71. The van der Waals surface area contributed by atoms with Gasteiger partial charge in [-0.05, 0) is 49.1 Å². The van der Waals surface area contributed by atoms with Gasteiger partial charge in [0, 0.05) is 43.3 Å². The average molecular weight is 420 g/mol. The minimum Gasteiger partial charge on any atom is -0.349 e. The van der Waals surface area contributed by atoms with Crippen molar-refractivity contribution in [3.8, 4) is 0 Å². The smallest absolute Gasteiger partial charge is 0.251 e. The summed E-state index contributed by atoms with van der Waals surface area (Å²) in [4.78, 5) is 41.6. The van der Waals surface area contributed by atoms with Crippen LogP contribution in [0.5, 0.6) is 0 Å². The number of piperidine rings is 1. The third-order valence-corrected chi connectivity index (χ3v) is 6.28. The van der Waals surface area contributed by atoms with Crippen LogP contribution in [0.1, 0.15) is 42.1 Å². The van der Waals surface area contributed by atoms with Gasteiger partial charge < -0.3 is 15.1 Å². The van der Waals surface area contributed by atoms with Gasteiger partial charge in [0.25, 0.3) is 5.91 Å². The number of hydrogen-bond acceptors (Lipinski definition) is 3. The molecule has 3 amide bonds. The summed E-state index contributed by atoms with van der Waals surface area (Å²) in [5, 5.41) is 3.07. The lowest BCUT2D eigenvalue weighted by Gasteiger charge is -2.33. The van der Waals surface area contributed by atoms with Gasteiger partial charge in [0.1, 0.15) is 0 Å². The van der Waals surface area contributed by atoms with Crippen LogP contribution in [0.4, 0.5) is 5.69 Å². The number of nitrogens with one attached hydrogen (secondary N) is 1. The van der Waals surface area contributed by atoms with Crippen LogP contribution in [-0.2, 0) is 16.0 Å². The summed E-state index contributed by atoms with van der Waals surface area (Å²) >= 11 is 0. The first-order valence-electron chi connectivity index (χ1n) is 11.1. The lowest BCUT2D eigenvalue weighted by atomic mass is 10.0. The van der Waals surface area contributed by atoms with Crippen molar-refractivity contribution in [1.82, 2.24) is 10.2 Å². The minimum atomic E-state index is -0.298. The third-order valence-electron chi connectivity index (χ3n) is 6.28. The van der Waals surface area contributed by atoms with E-state index in [9.17, 15) is 14.4 Å². The van der Waals surface area contributed by atoms with E-state index in [2.05, 4.69) is 12.2 Å². The van der Waals surface area contributed by atoms with Crippen molar-refractivity contribution in [3.05, 3.63) is 65.7 Å². The van der Waals surface area contributed by atoms with Crippen LogP contribution in [0.15, 0.2) is 54.6 Å². The highest BCUT2D eigenvalue weighted by atomic mass is 16.2. The Morgan fingerprint density at radius 3 is 2.48 bits per heavy atom. The quantitative estimate of drug-likeness (QED) is 0.810. The van der Waals surface area contributed by atoms with E-state index in [1.165, 1.54) is 5.56 Å². The summed E-state index contributed by atoms with van der Waals surface area (Å²) in [6.45, 7) is 3.74. The van der Waals surface area contributed by atoms with Crippen molar-refractivity contribution < 1.29 is 14.4 Å². The van der Waals surface area contributed by atoms with Crippen LogP contribution in [0, 0.1) is 5.92 Å². The van der Waals surface area contributed by atoms with E-state index in [0.717, 1.165) is 24.9 Å². The zero-order valence-corrected chi connectivity index (χ0v) is 17.9. The van der Waals surface area contributed by atoms with E-state index < -0.39 is 0 Å². The maximum atomic E-state index is 13.1. The average Bonchev–Trinajstić information content (AvgIpc) is 3.21. The van der Waals surface area contributed by atoms with Crippen LogP contribution in [0.25, 0.3) is 0 Å². The standard InChI is InChI=1S/C25H29N3O3/c1-2-18-7-6-10-22(15-18)28-17-20(16-23(28)29)25(31)27-13-11-21(12-14-27)26-24(30)19-8-4-3-5-9-19/h3-10,15,20-21H,2,11-14,16-17H2,1H3,(H,26,30). The van der Waals surface area contributed by atoms with E-state index in [1.807, 2.05) is 47.4 Å². The highest BCUT2D eigenvalue weighted by Gasteiger charge is 2.38. The summed E-state index contributed by atoms with van der Waals surface area (Å²) in [6, 6.07) is 17.2. The van der Waals surface area contributed by atoms with Crippen molar-refractivity contribution in [3.63, 3.8) is 0 Å². The first-order chi connectivity index (χ1) is 15.0. The number of rotatable bonds is 5. The zero-order chi connectivity index (χ0) is 21.8. The lowest BCUT2D eigenvalue weighted by molar-refractivity contribution is -0.136. The van der Waals surface area contributed by atoms with E-state index in [1.54, 1.807) is 17.0 Å². The predicted molar refractivity (Wildman–Crippen MR) is 120 cm³/mol. The third kappa shape index (κ3) is 4.79. The number of aryl methyl sites for hydroxylation is 1. The maximum Gasteiger partial charge on any atom is 0.251 e. The highest BCUT2D eigenvalue weighted by molar-refractivity contribution is 6.00. The van der Waals surface area contributed by atoms with E-state index >= 15 is 0 Å². The number of likely N-dealkylation sites (tertiary alicyclic amines) is 1. The van der Waals surface area contributed by atoms with Crippen molar-refractivity contribution in [2.45, 2.75) is 38.6 Å². The summed E-state index contributed by atoms with van der Waals surface area (Å²) in [5.74, 6) is -0.308. The molecule has 2 heterocycles. The molecule has 0 radical (unpaired) electrons. The zero-order valence-electron chi connectivity index (χ0n) is 17.9. The number of hydrogen-bond donors (Lipinski definition) is 1. The Balaban J connectivity index is 1.30. The summed E-state index contributed by atoms with van der Waals surface area (Å²) in [7, 11) is 0. The number of carbonyl (C=O) groups is 3. The van der Waals surface area contributed by atoms with Crippen LogP contribution in [0.3, 0.4) is 0 Å². The van der Waals surface area contributed by atoms with Gasteiger partial charge in [-0.3, -0.25) is 14.4 Å². The maximum absolute atomic E-state index is 13.1. The Labute approximate surface area is 183 Å². The van der Waals surface area contributed by atoms with Gasteiger partial charge in [-0.15, -0.1) is 0 Å². The van der Waals surface area contributed by atoms with Gasteiger partial charge in [0.2, 0.25) is 11.8 Å². The molecule has 162 valence electrons. The molecule has 6 nitrogen and oxygen atoms in total. The molecule has 2 aromatic rings. The summed E-state index contributed by atoms with van der Waals surface area (Å²) < 4.78 is 0. The molecule has 2 saturated heterocycles. The first kappa shape index (κ1) is 21.1. The fraction of sp³-hybridized carbons (Fsp3) is 0.400. The fourth-order valence-corrected chi connectivity index (χ4v) is 4.43. The summed E-state index contributed by atoms with van der Waals surface area (Å²) in [6.07, 6.45) is 2.63. The minimum absolute atomic E-state index is 0.0108. The highest BCUT2D eigenvalue weighted by Crippen LogP contribution is 2.28. The Bertz CT molecular complexity index is 951. The fourth-order valence-electron chi connectivity index (χ4n) is 4.43. The molecule has 2 aliphatic heterocycles. The molecule has 4 rings (SSSR count). The predicted octanol–water partition coefficient (Wildman–Crippen LogP) is 3.02. The normalized spacial score (nSPS) is 19.5. The molecule has 1 unspecified atom stereocenters. The van der Waals surface area contributed by atoms with Crippen molar-refractivity contribution in [2.24, 2.45) is 5.92 Å². The Kier molecular flexibility index (Phi) is 6.35. The SMILES string of the molecule is CCc1cccc(N2CC(C(=O)N3CCC(NC(=O)c4ccccc4)CC3)CC2=O)c1. The van der Waals surface area contributed by atoms with Crippen molar-refractivity contribution >= 4 is 23.4 Å². The van der Waals surface area contributed by atoms with Crippen LogP contribution in [-0.4, -0.2) is 48.3 Å². The monoisotopic (exact) mass is 419 g/mol. The number of nitrogens with zero attached hydrogens (tertiary/aromatic N) is 2. The number of carbonyl (C=O) groups excluding carboxylic acids is 3. The van der Waals surface area contributed by atoms with E-state index in [4.69, 9.17) is 0 Å². The lowest BCUT2D eigenvalue weighted by Crippen LogP contribution is -2.48. The van der Waals surface area contributed by atoms with Crippen LogP contribution in [0.2, 0.25) is 0 Å². The number of anilines is 1. The topological polar surface area (TPSA) is 69.7 Å². The van der Waals surface area contributed by atoms with Gasteiger partial charge in [-0.2, -0.15) is 0 Å². The van der Waals surface area contributed by atoms with Gasteiger partial charge >= 0.3 is 0 Å². The molecule has 2 aliphatic rings. The second kappa shape index (κ2) is 9.33. The molecule has 0 saturated carbocycles. The van der Waals surface area contributed by atoms with Crippen LogP contribution >= 0.6 is 0 Å². The Hall–Kier alpha value is -3.15. The van der Waals surface area contributed by atoms with E-state index in [-0.39, 0.29) is 36.1 Å². The molecule has 2 aromatic carbocycles. The molecule has 6 heteroatoms. The van der Waals surface area contributed by atoms with Crippen LogP contribution < -0.4 is 10.2 Å². The molecule has 0 aromatic heterocycles. The Morgan fingerprint density at radius 2 is 1.77 bits per heavy atom. The first-order valence-corrected chi connectivity index (χ1v) is 11.1. The largest absolute Gasteiger partial charge is 0.349 e. The van der Waals surface area contributed by atoms with Crippen molar-refractivity contribution in [1.29, 1.82) is 0 Å². The number of amides is 3. The Morgan fingerprint density at radius 1 is 1.03 bits per heavy atom. The van der Waals surface area contributed by atoms with Gasteiger partial charge in [-0.1, -0.05) is 37.3 Å². The number of benzene rings is 2. The molecule has 1 atom stereocenters. The molecule has 31 heavy (non-hydrogen) atoms. The van der Waals surface area contributed by atoms with Gasteiger partial charge in [0.15, 0.2) is 0 Å². The molecular weight excluding hydrogens is 390 g/mol. The molecular formula is C25H29N3O3. The molecule has 0 bridgehead atoms. The van der Waals surface area contributed by atoms with Gasteiger partial charge in [-0.25, -0.2) is 0 Å². The molecule has 0 spiro atoms. The second-order valence-corrected chi connectivity index (χ2v) is 8.37. The molecule has 2 fully saturated rings. The van der Waals surface area contributed by atoms with E-state index in [0.29, 0.717) is 25.2 Å². The van der Waals surface area contributed by atoms with Crippen molar-refractivity contribution in [2.75, 3.05) is 24.5 Å².